The number of aromatic nitrogens is 3. The summed E-state index contributed by atoms with van der Waals surface area (Å²) in [7, 11) is 0. The molecule has 186 valence electrons. The van der Waals surface area contributed by atoms with E-state index >= 15 is 0 Å². The average Bonchev–Trinajstić information content (AvgIpc) is 3.55. The number of carbonyl (C=O) groups excluding carboxylic acids is 1. The smallest absolute Gasteiger partial charge is 0.240 e. The molecule has 0 saturated heterocycles. The maximum Gasteiger partial charge on any atom is 0.240 e. The first-order chi connectivity index (χ1) is 18.2. The number of furan rings is 1. The molecular weight excluding hydrogens is 482 g/mol. The highest BCUT2D eigenvalue weighted by Crippen LogP contribution is 2.31. The predicted molar refractivity (Wildman–Crippen MR) is 146 cm³/mol. The molecule has 3 aromatic carbocycles. The second-order valence-electron chi connectivity index (χ2n) is 8.54. The number of unbranched alkanes of at least 4 members (excludes halogenated alkanes) is 1. The first-order valence-corrected chi connectivity index (χ1v) is 13.1. The van der Waals surface area contributed by atoms with Crippen LogP contribution in [0.5, 0.6) is 0 Å². The number of amides is 1. The first-order valence-electron chi connectivity index (χ1n) is 12.3. The van der Waals surface area contributed by atoms with Crippen LogP contribution in [0.3, 0.4) is 0 Å². The van der Waals surface area contributed by atoms with E-state index in [1.54, 1.807) is 0 Å². The fraction of sp³-hybridized carbons (Fsp3) is 0.172. The molecule has 0 radical (unpaired) electrons. The van der Waals surface area contributed by atoms with E-state index in [9.17, 15) is 4.79 Å². The van der Waals surface area contributed by atoms with E-state index in [1.165, 1.54) is 34.3 Å². The Labute approximate surface area is 219 Å². The van der Waals surface area contributed by atoms with Crippen LogP contribution in [-0.2, 0) is 11.2 Å². The third kappa shape index (κ3) is 5.98. The van der Waals surface area contributed by atoms with Crippen molar-refractivity contribution < 1.29 is 9.21 Å². The molecule has 5 rings (SSSR count). The second kappa shape index (κ2) is 11.7. The van der Waals surface area contributed by atoms with E-state index in [0.29, 0.717) is 28.9 Å². The molecule has 0 aliphatic carbocycles. The van der Waals surface area contributed by atoms with Crippen LogP contribution in [0.4, 0.5) is 0 Å². The zero-order valence-electron chi connectivity index (χ0n) is 20.5. The van der Waals surface area contributed by atoms with Gasteiger partial charge in [-0.3, -0.25) is 9.36 Å². The van der Waals surface area contributed by atoms with Gasteiger partial charge in [-0.2, -0.15) is 5.10 Å². The number of para-hydroxylation sites is 1. The highest BCUT2D eigenvalue weighted by Gasteiger charge is 2.18. The zero-order chi connectivity index (χ0) is 25.5. The molecule has 0 aliphatic heterocycles. The number of hydrogen-bond acceptors (Lipinski definition) is 6. The summed E-state index contributed by atoms with van der Waals surface area (Å²) in [5.74, 6) is 1.28. The average molecular weight is 510 g/mol. The Hall–Kier alpha value is -4.17. The van der Waals surface area contributed by atoms with Gasteiger partial charge in [0.2, 0.25) is 11.1 Å². The molecule has 8 heteroatoms. The van der Waals surface area contributed by atoms with Gasteiger partial charge in [0.15, 0.2) is 5.09 Å². The predicted octanol–water partition coefficient (Wildman–Crippen LogP) is 6.40. The van der Waals surface area contributed by atoms with Crippen molar-refractivity contribution in [2.75, 3.05) is 0 Å². The molecule has 0 spiro atoms. The molecule has 0 unspecified atom stereocenters. The van der Waals surface area contributed by atoms with Crippen LogP contribution in [0, 0.1) is 0 Å². The third-order valence-corrected chi connectivity index (χ3v) is 6.74. The Morgan fingerprint density at radius 3 is 2.68 bits per heavy atom. The lowest BCUT2D eigenvalue weighted by Gasteiger charge is -2.11. The summed E-state index contributed by atoms with van der Waals surface area (Å²) in [5.41, 5.74) is 4.70. The Balaban J connectivity index is 1.39. The van der Waals surface area contributed by atoms with E-state index < -0.39 is 0 Å². The number of nitrogens with zero attached hydrogens (tertiary/aromatic N) is 4. The van der Waals surface area contributed by atoms with Crippen molar-refractivity contribution in [2.45, 2.75) is 42.9 Å². The molecule has 0 fully saturated rings. The van der Waals surface area contributed by atoms with Gasteiger partial charge in [-0.15, -0.1) is 10.2 Å². The van der Waals surface area contributed by atoms with Gasteiger partial charge >= 0.3 is 0 Å². The molecule has 1 amide bonds. The van der Waals surface area contributed by atoms with Crippen molar-refractivity contribution in [1.29, 1.82) is 0 Å². The minimum Gasteiger partial charge on any atom is -0.448 e. The number of benzene rings is 3. The molecular formula is C29H27N5O2S. The molecule has 1 N–H and O–H groups in total. The highest BCUT2D eigenvalue weighted by molar-refractivity contribution is 7.99. The van der Waals surface area contributed by atoms with Gasteiger partial charge in [0, 0.05) is 18.5 Å². The van der Waals surface area contributed by atoms with Gasteiger partial charge in [-0.1, -0.05) is 74.0 Å². The largest absolute Gasteiger partial charge is 0.448 e. The fourth-order valence-corrected chi connectivity index (χ4v) is 4.88. The van der Waals surface area contributed by atoms with Crippen LogP contribution < -0.4 is 5.43 Å². The summed E-state index contributed by atoms with van der Waals surface area (Å²) in [6.45, 7) is 2.05. The van der Waals surface area contributed by atoms with Crippen LogP contribution in [0.1, 0.15) is 43.3 Å². The van der Waals surface area contributed by atoms with Crippen molar-refractivity contribution >= 4 is 34.7 Å². The van der Waals surface area contributed by atoms with Crippen molar-refractivity contribution in [3.63, 3.8) is 0 Å². The lowest BCUT2D eigenvalue weighted by molar-refractivity contribution is -0.121. The van der Waals surface area contributed by atoms with E-state index in [4.69, 9.17) is 4.42 Å². The van der Waals surface area contributed by atoms with E-state index in [0.717, 1.165) is 24.4 Å². The van der Waals surface area contributed by atoms with Gasteiger partial charge in [0.1, 0.15) is 11.6 Å². The fourth-order valence-electron chi connectivity index (χ4n) is 4.04. The second-order valence-corrected chi connectivity index (χ2v) is 9.51. The third-order valence-electron chi connectivity index (χ3n) is 5.88. The molecule has 0 atom stereocenters. The monoisotopic (exact) mass is 509 g/mol. The van der Waals surface area contributed by atoms with Gasteiger partial charge in [-0.25, -0.2) is 5.43 Å². The molecule has 37 heavy (non-hydrogen) atoms. The molecule has 2 aromatic heterocycles. The van der Waals surface area contributed by atoms with Crippen molar-refractivity contribution in [3.8, 4) is 5.69 Å². The Morgan fingerprint density at radius 1 is 1.00 bits per heavy atom. The minimum atomic E-state index is -0.103. The Morgan fingerprint density at radius 2 is 1.81 bits per heavy atom. The number of hydrazone groups is 1. The topological polar surface area (TPSA) is 85.3 Å². The lowest BCUT2D eigenvalue weighted by atomic mass is 10.0. The highest BCUT2D eigenvalue weighted by atomic mass is 32.2. The van der Waals surface area contributed by atoms with Crippen LogP contribution in [0.25, 0.3) is 16.5 Å². The van der Waals surface area contributed by atoms with Crippen LogP contribution in [-0.4, -0.2) is 26.9 Å². The number of nitrogens with one attached hydrogen (secondary N) is 1. The van der Waals surface area contributed by atoms with Gasteiger partial charge < -0.3 is 4.42 Å². The van der Waals surface area contributed by atoms with Crippen LogP contribution in [0.15, 0.2) is 105 Å². The van der Waals surface area contributed by atoms with Crippen molar-refractivity contribution in [2.24, 2.45) is 5.10 Å². The van der Waals surface area contributed by atoms with Gasteiger partial charge in [0.25, 0.3) is 0 Å². The summed E-state index contributed by atoms with van der Waals surface area (Å²) in [5, 5.41) is 16.8. The summed E-state index contributed by atoms with van der Waals surface area (Å²) in [6.07, 6.45) is 4.41. The first kappa shape index (κ1) is 24.5. The van der Waals surface area contributed by atoms with Gasteiger partial charge in [0.05, 0.1) is 6.21 Å². The number of fused-ring (bicyclic) bond motifs is 1. The maximum atomic E-state index is 11.7. The van der Waals surface area contributed by atoms with Crippen LogP contribution in [0.2, 0.25) is 0 Å². The van der Waals surface area contributed by atoms with Gasteiger partial charge in [-0.05, 0) is 58.8 Å². The molecule has 2 heterocycles. The molecule has 0 bridgehead atoms. The van der Waals surface area contributed by atoms with E-state index in [-0.39, 0.29) is 5.91 Å². The summed E-state index contributed by atoms with van der Waals surface area (Å²) in [6, 6.07) is 28.5. The Kier molecular flexibility index (Phi) is 7.76. The minimum absolute atomic E-state index is 0.103. The molecule has 5 aromatic rings. The SMILES string of the molecule is CCCCC(=O)N/N=C\c1ccc(Sc2nnc(Cc3cccc4ccccc34)n2-c2ccccc2)o1. The van der Waals surface area contributed by atoms with E-state index in [2.05, 4.69) is 67.8 Å². The normalized spacial score (nSPS) is 11.4. The number of rotatable bonds is 10. The lowest BCUT2D eigenvalue weighted by Crippen LogP contribution is -2.16. The summed E-state index contributed by atoms with van der Waals surface area (Å²) < 4.78 is 7.97. The number of carbonyl (C=O) groups is 1. The molecule has 0 aliphatic rings. The van der Waals surface area contributed by atoms with E-state index in [1.807, 2.05) is 49.4 Å². The molecule has 7 nitrogen and oxygen atoms in total. The standard InChI is InChI=1S/C29H27N5O2S/c1-2-3-16-27(35)32-30-20-24-17-18-28(36-24)37-29-33-31-26(34(29)23-13-5-4-6-14-23)19-22-12-9-11-21-10-7-8-15-25(21)22/h4-15,17-18,20H,2-3,16,19H2,1H3,(H,32,35)/b30-20-. The van der Waals surface area contributed by atoms with Crippen molar-refractivity contribution in [1.82, 2.24) is 20.2 Å². The van der Waals surface area contributed by atoms with Crippen molar-refractivity contribution in [3.05, 3.63) is 102 Å². The Bertz CT molecular complexity index is 1520. The maximum absolute atomic E-state index is 11.7. The summed E-state index contributed by atoms with van der Waals surface area (Å²) in [4.78, 5) is 11.7. The van der Waals surface area contributed by atoms with Crippen LogP contribution >= 0.6 is 11.8 Å². The molecule has 0 saturated carbocycles. The summed E-state index contributed by atoms with van der Waals surface area (Å²) >= 11 is 1.39. The quantitative estimate of drug-likeness (QED) is 0.174. The number of hydrogen-bond donors (Lipinski definition) is 1. The zero-order valence-corrected chi connectivity index (χ0v) is 21.3.